The van der Waals surface area contributed by atoms with Crippen LogP contribution in [0.4, 0.5) is 5.69 Å². The molecule has 1 aliphatic rings. The van der Waals surface area contributed by atoms with Crippen LogP contribution >= 0.6 is 22.9 Å². The molecule has 118 valence electrons. The smallest absolute Gasteiger partial charge is 0.238 e. The average Bonchev–Trinajstić information content (AvgIpc) is 3.18. The van der Waals surface area contributed by atoms with Gasteiger partial charge in [0.05, 0.1) is 17.1 Å². The molecule has 1 saturated heterocycles. The number of thiophene rings is 1. The molecule has 1 fully saturated rings. The lowest BCUT2D eigenvalue weighted by atomic mass is 10.2. The summed E-state index contributed by atoms with van der Waals surface area (Å²) in [6, 6.07) is 11.4. The number of nitrogens with one attached hydrogen (secondary N) is 1. The standard InChI is InChI=1S/C17H16ClN3OS/c18-14-9-13(6-5-12(14)10-19)20-17(22)11-21-7-1-3-15(21)16-4-2-8-23-16/h2,4-6,8-9,15H,1,3,7,11H2,(H,20,22)/t15-/m1/s1. The van der Waals surface area contributed by atoms with Crippen molar-refractivity contribution in [1.82, 2.24) is 4.90 Å². The van der Waals surface area contributed by atoms with Crippen molar-refractivity contribution in [3.8, 4) is 6.07 Å². The van der Waals surface area contributed by atoms with Gasteiger partial charge in [0.2, 0.25) is 5.91 Å². The van der Waals surface area contributed by atoms with E-state index < -0.39 is 0 Å². The van der Waals surface area contributed by atoms with Crippen molar-refractivity contribution in [3.05, 3.63) is 51.2 Å². The maximum atomic E-state index is 12.3. The van der Waals surface area contributed by atoms with Crippen molar-refractivity contribution in [2.24, 2.45) is 0 Å². The molecule has 1 N–H and O–H groups in total. The summed E-state index contributed by atoms with van der Waals surface area (Å²) >= 11 is 7.73. The Morgan fingerprint density at radius 2 is 2.35 bits per heavy atom. The van der Waals surface area contributed by atoms with Gasteiger partial charge < -0.3 is 5.32 Å². The van der Waals surface area contributed by atoms with Crippen LogP contribution in [0.25, 0.3) is 0 Å². The maximum Gasteiger partial charge on any atom is 0.238 e. The minimum absolute atomic E-state index is 0.0609. The summed E-state index contributed by atoms with van der Waals surface area (Å²) in [5.74, 6) is -0.0609. The Morgan fingerprint density at radius 1 is 1.48 bits per heavy atom. The van der Waals surface area contributed by atoms with Crippen molar-refractivity contribution in [2.45, 2.75) is 18.9 Å². The second kappa shape index (κ2) is 7.14. The van der Waals surface area contributed by atoms with Crippen LogP contribution < -0.4 is 5.32 Å². The average molecular weight is 346 g/mol. The second-order valence-electron chi connectivity index (χ2n) is 5.50. The monoisotopic (exact) mass is 345 g/mol. The topological polar surface area (TPSA) is 56.1 Å². The van der Waals surface area contributed by atoms with Gasteiger partial charge in [0.1, 0.15) is 6.07 Å². The fourth-order valence-electron chi connectivity index (χ4n) is 2.89. The molecular weight excluding hydrogens is 330 g/mol. The van der Waals surface area contributed by atoms with Crippen LogP contribution in [0.3, 0.4) is 0 Å². The molecule has 0 spiro atoms. The molecule has 1 aromatic carbocycles. The van der Waals surface area contributed by atoms with E-state index in [1.54, 1.807) is 29.5 Å². The van der Waals surface area contributed by atoms with E-state index in [9.17, 15) is 4.79 Å². The first-order chi connectivity index (χ1) is 11.2. The number of rotatable bonds is 4. The molecule has 1 aromatic heterocycles. The highest BCUT2D eigenvalue weighted by Crippen LogP contribution is 2.34. The van der Waals surface area contributed by atoms with E-state index in [-0.39, 0.29) is 5.91 Å². The summed E-state index contributed by atoms with van der Waals surface area (Å²) in [6.07, 6.45) is 2.20. The Bertz CT molecular complexity index is 739. The molecule has 4 nitrogen and oxygen atoms in total. The summed E-state index contributed by atoms with van der Waals surface area (Å²) in [4.78, 5) is 15.8. The number of carbonyl (C=O) groups is 1. The largest absolute Gasteiger partial charge is 0.325 e. The number of anilines is 1. The molecular formula is C17H16ClN3OS. The normalized spacial score (nSPS) is 17.8. The van der Waals surface area contributed by atoms with Gasteiger partial charge in [0, 0.05) is 16.6 Å². The Morgan fingerprint density at radius 3 is 3.04 bits per heavy atom. The Kier molecular flexibility index (Phi) is 4.97. The van der Waals surface area contributed by atoms with Crippen LogP contribution in [0.1, 0.15) is 29.3 Å². The first-order valence-corrected chi connectivity index (χ1v) is 8.70. The highest BCUT2D eigenvalue weighted by molar-refractivity contribution is 7.10. The van der Waals surface area contributed by atoms with Crippen molar-refractivity contribution >= 4 is 34.5 Å². The lowest BCUT2D eigenvalue weighted by Gasteiger charge is -2.22. The van der Waals surface area contributed by atoms with E-state index >= 15 is 0 Å². The third kappa shape index (κ3) is 3.73. The molecule has 1 amide bonds. The van der Waals surface area contributed by atoms with E-state index in [0.29, 0.717) is 28.9 Å². The Labute approximate surface area is 144 Å². The van der Waals surface area contributed by atoms with E-state index in [4.69, 9.17) is 16.9 Å². The highest BCUT2D eigenvalue weighted by atomic mass is 35.5. The molecule has 0 bridgehead atoms. The van der Waals surface area contributed by atoms with Gasteiger partial charge in [0.15, 0.2) is 0 Å². The van der Waals surface area contributed by atoms with Gasteiger partial charge in [0.25, 0.3) is 0 Å². The van der Waals surface area contributed by atoms with Gasteiger partial charge in [-0.05, 0) is 49.0 Å². The first kappa shape index (κ1) is 16.0. The van der Waals surface area contributed by atoms with Gasteiger partial charge in [-0.25, -0.2) is 0 Å². The van der Waals surface area contributed by atoms with Gasteiger partial charge in [-0.2, -0.15) is 5.26 Å². The van der Waals surface area contributed by atoms with Crippen LogP contribution in [-0.4, -0.2) is 23.9 Å². The second-order valence-corrected chi connectivity index (χ2v) is 6.88. The predicted molar refractivity (Wildman–Crippen MR) is 92.7 cm³/mol. The molecule has 2 aromatic rings. The molecule has 6 heteroatoms. The first-order valence-electron chi connectivity index (χ1n) is 7.44. The number of nitrogens with zero attached hydrogens (tertiary/aromatic N) is 2. The van der Waals surface area contributed by atoms with E-state index in [1.807, 2.05) is 6.07 Å². The molecule has 3 rings (SSSR count). The minimum atomic E-state index is -0.0609. The van der Waals surface area contributed by atoms with E-state index in [0.717, 1.165) is 19.4 Å². The van der Waals surface area contributed by atoms with Gasteiger partial charge in [-0.3, -0.25) is 9.69 Å². The number of carbonyl (C=O) groups excluding carboxylic acids is 1. The van der Waals surface area contributed by atoms with Crippen molar-refractivity contribution in [3.63, 3.8) is 0 Å². The molecule has 0 saturated carbocycles. The number of benzene rings is 1. The number of hydrogen-bond donors (Lipinski definition) is 1. The van der Waals surface area contributed by atoms with Crippen LogP contribution in [-0.2, 0) is 4.79 Å². The molecule has 0 unspecified atom stereocenters. The molecule has 0 radical (unpaired) electrons. The zero-order chi connectivity index (χ0) is 16.2. The zero-order valence-electron chi connectivity index (χ0n) is 12.5. The number of halogens is 1. The van der Waals surface area contributed by atoms with Crippen LogP contribution in [0, 0.1) is 11.3 Å². The maximum absolute atomic E-state index is 12.3. The van der Waals surface area contributed by atoms with Gasteiger partial charge in [-0.1, -0.05) is 17.7 Å². The summed E-state index contributed by atoms with van der Waals surface area (Å²) in [7, 11) is 0. The highest BCUT2D eigenvalue weighted by Gasteiger charge is 2.28. The van der Waals surface area contributed by atoms with Crippen molar-refractivity contribution < 1.29 is 4.79 Å². The third-order valence-corrected chi connectivity index (χ3v) is 5.24. The van der Waals surface area contributed by atoms with Crippen LogP contribution in [0.15, 0.2) is 35.7 Å². The summed E-state index contributed by atoms with van der Waals surface area (Å²) in [5.41, 5.74) is 1.02. The summed E-state index contributed by atoms with van der Waals surface area (Å²) in [5, 5.41) is 14.2. The number of hydrogen-bond acceptors (Lipinski definition) is 4. The zero-order valence-corrected chi connectivity index (χ0v) is 14.0. The fourth-order valence-corrected chi connectivity index (χ4v) is 4.01. The number of amides is 1. The third-order valence-electron chi connectivity index (χ3n) is 3.96. The van der Waals surface area contributed by atoms with Crippen LogP contribution in [0.2, 0.25) is 5.02 Å². The van der Waals surface area contributed by atoms with E-state index in [2.05, 4.69) is 27.7 Å². The summed E-state index contributed by atoms with van der Waals surface area (Å²) in [6.45, 7) is 1.30. The van der Waals surface area contributed by atoms with Crippen molar-refractivity contribution in [1.29, 1.82) is 5.26 Å². The van der Waals surface area contributed by atoms with Gasteiger partial charge in [-0.15, -0.1) is 11.3 Å². The number of nitriles is 1. The van der Waals surface area contributed by atoms with Gasteiger partial charge >= 0.3 is 0 Å². The summed E-state index contributed by atoms with van der Waals surface area (Å²) < 4.78 is 0. The fraction of sp³-hybridized carbons (Fsp3) is 0.294. The predicted octanol–water partition coefficient (Wildman–Crippen LogP) is 4.05. The molecule has 2 heterocycles. The SMILES string of the molecule is N#Cc1ccc(NC(=O)CN2CCC[C@@H]2c2cccs2)cc1Cl. The molecule has 0 aliphatic carbocycles. The Hall–Kier alpha value is -1.87. The molecule has 1 aliphatic heterocycles. The molecule has 23 heavy (non-hydrogen) atoms. The van der Waals surface area contributed by atoms with Crippen molar-refractivity contribution in [2.75, 3.05) is 18.4 Å². The lowest BCUT2D eigenvalue weighted by molar-refractivity contribution is -0.117. The quantitative estimate of drug-likeness (QED) is 0.909. The minimum Gasteiger partial charge on any atom is -0.325 e. The van der Waals surface area contributed by atoms with Crippen LogP contribution in [0.5, 0.6) is 0 Å². The number of likely N-dealkylation sites (tertiary alicyclic amines) is 1. The Balaban J connectivity index is 1.63. The molecule has 1 atom stereocenters. The van der Waals surface area contributed by atoms with E-state index in [1.165, 1.54) is 4.88 Å². The lowest BCUT2D eigenvalue weighted by Crippen LogP contribution is -2.32.